The van der Waals surface area contributed by atoms with Gasteiger partial charge in [0.1, 0.15) is 0 Å². The minimum Gasteiger partial charge on any atom is -0.275 e. The SMILES string of the molecule is Cn1ccc(C(NN)C2(C)CCCCC2)n1. The normalized spacial score (nSPS) is 21.9. The van der Waals surface area contributed by atoms with Crippen LogP contribution in [0, 0.1) is 5.41 Å². The van der Waals surface area contributed by atoms with Gasteiger partial charge in [0.25, 0.3) is 0 Å². The number of hydrogen-bond donors (Lipinski definition) is 2. The Kier molecular flexibility index (Phi) is 3.30. The summed E-state index contributed by atoms with van der Waals surface area (Å²) in [6.07, 6.45) is 8.42. The molecule has 1 aliphatic rings. The Morgan fingerprint density at radius 3 is 2.62 bits per heavy atom. The summed E-state index contributed by atoms with van der Waals surface area (Å²) in [6.45, 7) is 2.32. The molecule has 0 spiro atoms. The van der Waals surface area contributed by atoms with E-state index in [0.29, 0.717) is 0 Å². The summed E-state index contributed by atoms with van der Waals surface area (Å²) in [4.78, 5) is 0. The number of nitrogens with two attached hydrogens (primary N) is 1. The monoisotopic (exact) mass is 222 g/mol. The topological polar surface area (TPSA) is 55.9 Å². The molecule has 1 aliphatic carbocycles. The van der Waals surface area contributed by atoms with Crippen LogP contribution in [0.15, 0.2) is 12.3 Å². The fourth-order valence-corrected chi connectivity index (χ4v) is 2.88. The van der Waals surface area contributed by atoms with Gasteiger partial charge in [0.2, 0.25) is 0 Å². The summed E-state index contributed by atoms with van der Waals surface area (Å²) in [6, 6.07) is 2.23. The van der Waals surface area contributed by atoms with E-state index in [2.05, 4.69) is 23.5 Å². The molecular weight excluding hydrogens is 200 g/mol. The highest BCUT2D eigenvalue weighted by Crippen LogP contribution is 2.44. The maximum atomic E-state index is 5.73. The predicted octanol–water partition coefficient (Wildman–Crippen LogP) is 1.89. The van der Waals surface area contributed by atoms with Crippen LogP contribution in [-0.4, -0.2) is 9.78 Å². The van der Waals surface area contributed by atoms with Crippen molar-refractivity contribution in [3.63, 3.8) is 0 Å². The van der Waals surface area contributed by atoms with Crippen molar-refractivity contribution in [2.75, 3.05) is 0 Å². The molecule has 1 aromatic rings. The van der Waals surface area contributed by atoms with E-state index in [0.717, 1.165) is 5.69 Å². The second kappa shape index (κ2) is 4.55. The highest BCUT2D eigenvalue weighted by molar-refractivity contribution is 5.10. The largest absolute Gasteiger partial charge is 0.275 e. The molecule has 16 heavy (non-hydrogen) atoms. The van der Waals surface area contributed by atoms with Crippen molar-refractivity contribution < 1.29 is 0 Å². The molecule has 4 heteroatoms. The molecule has 0 amide bonds. The van der Waals surface area contributed by atoms with E-state index in [1.165, 1.54) is 32.1 Å². The molecule has 4 nitrogen and oxygen atoms in total. The third kappa shape index (κ3) is 2.13. The van der Waals surface area contributed by atoms with Crippen LogP contribution in [0.5, 0.6) is 0 Å². The number of aromatic nitrogens is 2. The highest BCUT2D eigenvalue weighted by atomic mass is 15.3. The van der Waals surface area contributed by atoms with E-state index in [4.69, 9.17) is 5.84 Å². The molecule has 0 aliphatic heterocycles. The minimum absolute atomic E-state index is 0.175. The average molecular weight is 222 g/mol. The Balaban J connectivity index is 2.20. The van der Waals surface area contributed by atoms with E-state index >= 15 is 0 Å². The third-order valence-electron chi connectivity index (χ3n) is 3.89. The first kappa shape index (κ1) is 11.6. The van der Waals surface area contributed by atoms with Crippen LogP contribution in [0.25, 0.3) is 0 Å². The zero-order valence-electron chi connectivity index (χ0n) is 10.2. The van der Waals surface area contributed by atoms with Gasteiger partial charge in [-0.25, -0.2) is 0 Å². The van der Waals surface area contributed by atoms with Gasteiger partial charge in [-0.3, -0.25) is 16.0 Å². The van der Waals surface area contributed by atoms with Gasteiger partial charge in [0.15, 0.2) is 0 Å². The number of aryl methyl sites for hydroxylation is 1. The van der Waals surface area contributed by atoms with Gasteiger partial charge in [-0.15, -0.1) is 0 Å². The minimum atomic E-state index is 0.175. The lowest BCUT2D eigenvalue weighted by Gasteiger charge is -2.39. The van der Waals surface area contributed by atoms with Crippen molar-refractivity contribution in [3.05, 3.63) is 18.0 Å². The molecule has 2 rings (SSSR count). The lowest BCUT2D eigenvalue weighted by molar-refractivity contribution is 0.142. The van der Waals surface area contributed by atoms with Gasteiger partial charge in [-0.1, -0.05) is 26.2 Å². The standard InChI is InChI=1S/C12H22N4/c1-12(7-4-3-5-8-12)11(14-13)10-6-9-16(2)15-10/h6,9,11,14H,3-5,7-8,13H2,1-2H3. The van der Waals surface area contributed by atoms with E-state index in [1.54, 1.807) is 0 Å². The number of rotatable bonds is 3. The number of hydrazine groups is 1. The third-order valence-corrected chi connectivity index (χ3v) is 3.89. The summed E-state index contributed by atoms with van der Waals surface area (Å²) < 4.78 is 1.84. The van der Waals surface area contributed by atoms with Crippen molar-refractivity contribution in [2.45, 2.75) is 45.1 Å². The van der Waals surface area contributed by atoms with E-state index in [-0.39, 0.29) is 11.5 Å². The van der Waals surface area contributed by atoms with Gasteiger partial charge in [0.05, 0.1) is 11.7 Å². The van der Waals surface area contributed by atoms with Crippen LogP contribution >= 0.6 is 0 Å². The molecule has 1 fully saturated rings. The number of nitrogens with one attached hydrogen (secondary N) is 1. The molecular formula is C12H22N4. The molecule has 1 unspecified atom stereocenters. The second-order valence-electron chi connectivity index (χ2n) is 5.23. The van der Waals surface area contributed by atoms with Gasteiger partial charge >= 0.3 is 0 Å². The molecule has 3 N–H and O–H groups in total. The molecule has 1 saturated carbocycles. The summed E-state index contributed by atoms with van der Waals surface area (Å²) in [5.41, 5.74) is 4.28. The Bertz CT molecular complexity index is 339. The van der Waals surface area contributed by atoms with E-state index < -0.39 is 0 Å². The number of hydrogen-bond acceptors (Lipinski definition) is 3. The Morgan fingerprint density at radius 2 is 2.12 bits per heavy atom. The Hall–Kier alpha value is -0.870. The van der Waals surface area contributed by atoms with Crippen molar-refractivity contribution in [1.82, 2.24) is 15.2 Å². The quantitative estimate of drug-likeness (QED) is 0.606. The average Bonchev–Trinajstić information content (AvgIpc) is 2.66. The van der Waals surface area contributed by atoms with E-state index in [9.17, 15) is 0 Å². The predicted molar refractivity (Wildman–Crippen MR) is 64.5 cm³/mol. The lowest BCUT2D eigenvalue weighted by atomic mass is 9.70. The van der Waals surface area contributed by atoms with E-state index in [1.807, 2.05) is 17.9 Å². The number of nitrogens with zero attached hydrogens (tertiary/aromatic N) is 2. The Morgan fingerprint density at radius 1 is 1.44 bits per heavy atom. The van der Waals surface area contributed by atoms with Crippen molar-refractivity contribution in [2.24, 2.45) is 18.3 Å². The molecule has 0 saturated heterocycles. The highest BCUT2D eigenvalue weighted by Gasteiger charge is 2.36. The molecule has 90 valence electrons. The molecule has 0 aromatic carbocycles. The maximum Gasteiger partial charge on any atom is 0.0812 e. The van der Waals surface area contributed by atoms with Crippen LogP contribution in [0.3, 0.4) is 0 Å². The molecule has 1 heterocycles. The zero-order valence-corrected chi connectivity index (χ0v) is 10.2. The Labute approximate surface area is 97.2 Å². The molecule has 0 bridgehead atoms. The second-order valence-corrected chi connectivity index (χ2v) is 5.23. The summed E-state index contributed by atoms with van der Waals surface area (Å²) in [5.74, 6) is 5.73. The van der Waals surface area contributed by atoms with Crippen LogP contribution in [0.2, 0.25) is 0 Å². The first-order valence-corrected chi connectivity index (χ1v) is 6.11. The first-order chi connectivity index (χ1) is 7.65. The summed E-state index contributed by atoms with van der Waals surface area (Å²) >= 11 is 0. The summed E-state index contributed by atoms with van der Waals surface area (Å²) in [7, 11) is 1.94. The van der Waals surface area contributed by atoms with Crippen molar-refractivity contribution >= 4 is 0 Å². The zero-order chi connectivity index (χ0) is 11.6. The molecule has 0 radical (unpaired) electrons. The fourth-order valence-electron chi connectivity index (χ4n) is 2.88. The van der Waals surface area contributed by atoms with Crippen LogP contribution in [0.4, 0.5) is 0 Å². The molecule has 1 aromatic heterocycles. The first-order valence-electron chi connectivity index (χ1n) is 6.11. The van der Waals surface area contributed by atoms with Gasteiger partial charge in [-0.05, 0) is 24.3 Å². The van der Waals surface area contributed by atoms with Crippen molar-refractivity contribution in [3.8, 4) is 0 Å². The summed E-state index contributed by atoms with van der Waals surface area (Å²) in [5, 5.41) is 4.48. The smallest absolute Gasteiger partial charge is 0.0812 e. The van der Waals surface area contributed by atoms with Crippen LogP contribution < -0.4 is 11.3 Å². The molecule has 1 atom stereocenters. The van der Waals surface area contributed by atoms with Crippen molar-refractivity contribution in [1.29, 1.82) is 0 Å². The maximum absolute atomic E-state index is 5.73. The fraction of sp³-hybridized carbons (Fsp3) is 0.750. The van der Waals surface area contributed by atoms with Crippen LogP contribution in [-0.2, 0) is 7.05 Å². The van der Waals surface area contributed by atoms with Gasteiger partial charge in [0, 0.05) is 13.2 Å². The van der Waals surface area contributed by atoms with Crippen LogP contribution in [0.1, 0.15) is 50.8 Å². The lowest BCUT2D eigenvalue weighted by Crippen LogP contribution is -2.41. The van der Waals surface area contributed by atoms with Gasteiger partial charge < -0.3 is 0 Å². The van der Waals surface area contributed by atoms with Gasteiger partial charge in [-0.2, -0.15) is 5.10 Å².